The van der Waals surface area contributed by atoms with Gasteiger partial charge < -0.3 is 10.1 Å². The van der Waals surface area contributed by atoms with Crippen molar-refractivity contribution in [2.45, 2.75) is 25.5 Å². The molecule has 0 unspecified atom stereocenters. The van der Waals surface area contributed by atoms with Crippen LogP contribution < -0.4 is 15.6 Å². The van der Waals surface area contributed by atoms with E-state index >= 15 is 0 Å². The second kappa shape index (κ2) is 10.3. The van der Waals surface area contributed by atoms with Crippen LogP contribution in [-0.4, -0.2) is 19.9 Å². The Morgan fingerprint density at radius 3 is 2.40 bits per heavy atom. The number of fused-ring (bicyclic) bond motifs is 5. The molecule has 1 amide bonds. The quantitative estimate of drug-likeness (QED) is 0.269. The maximum atomic E-state index is 14.2. The van der Waals surface area contributed by atoms with Gasteiger partial charge in [0, 0.05) is 17.9 Å². The number of para-hydroxylation sites is 2. The highest BCUT2D eigenvalue weighted by atomic mass is 19.1. The number of ether oxygens (including phenoxy) is 1. The monoisotopic (exact) mass is 562 g/mol. The fourth-order valence-corrected chi connectivity index (χ4v) is 5.55. The molecule has 3 heterocycles. The van der Waals surface area contributed by atoms with Gasteiger partial charge in [0.05, 0.1) is 23.1 Å². The first-order valence-corrected chi connectivity index (χ1v) is 13.5. The van der Waals surface area contributed by atoms with Gasteiger partial charge >= 0.3 is 0 Å². The number of aromatic nitrogens is 3. The Hall–Kier alpha value is -5.31. The van der Waals surface area contributed by atoms with Gasteiger partial charge in [0.15, 0.2) is 0 Å². The molecule has 9 heteroatoms. The van der Waals surface area contributed by atoms with Crippen LogP contribution >= 0.6 is 0 Å². The van der Waals surface area contributed by atoms with Gasteiger partial charge in [0.25, 0.3) is 5.56 Å². The molecule has 0 spiro atoms. The van der Waals surface area contributed by atoms with E-state index in [1.54, 1.807) is 47.0 Å². The molecule has 1 atom stereocenters. The highest BCUT2D eigenvalue weighted by molar-refractivity contribution is 5.96. The van der Waals surface area contributed by atoms with E-state index in [9.17, 15) is 18.4 Å². The average Bonchev–Trinajstić information content (AvgIpc) is 3.39. The third kappa shape index (κ3) is 4.49. The molecule has 4 aromatic carbocycles. The molecule has 1 aliphatic rings. The molecule has 0 fully saturated rings. The second-order valence-electron chi connectivity index (χ2n) is 10.3. The van der Waals surface area contributed by atoms with Crippen LogP contribution in [-0.2, 0) is 17.9 Å². The van der Waals surface area contributed by atoms with Gasteiger partial charge in [-0.3, -0.25) is 18.6 Å². The average molecular weight is 563 g/mol. The Bertz CT molecular complexity index is 2030. The lowest BCUT2D eigenvalue weighted by Gasteiger charge is -2.27. The minimum absolute atomic E-state index is 0.0699. The summed E-state index contributed by atoms with van der Waals surface area (Å²) in [6, 6.07) is 27.1. The third-order valence-electron chi connectivity index (χ3n) is 7.62. The molecule has 7 rings (SSSR count). The van der Waals surface area contributed by atoms with Gasteiger partial charge in [0.1, 0.15) is 29.8 Å². The van der Waals surface area contributed by atoms with Crippen LogP contribution in [0.5, 0.6) is 5.75 Å². The molecule has 42 heavy (non-hydrogen) atoms. The number of hydrogen-bond acceptors (Lipinski definition) is 4. The summed E-state index contributed by atoms with van der Waals surface area (Å²) in [5.41, 5.74) is 3.51. The predicted octanol–water partition coefficient (Wildman–Crippen LogP) is 6.03. The molecule has 7 nitrogen and oxygen atoms in total. The van der Waals surface area contributed by atoms with Crippen LogP contribution in [0.2, 0.25) is 0 Å². The summed E-state index contributed by atoms with van der Waals surface area (Å²) in [6.07, 6.45) is 0.0757. The largest absolute Gasteiger partial charge is 0.489 e. The Balaban J connectivity index is 1.33. The Morgan fingerprint density at radius 2 is 1.62 bits per heavy atom. The first-order valence-electron chi connectivity index (χ1n) is 13.5. The summed E-state index contributed by atoms with van der Waals surface area (Å²) in [4.78, 5) is 32.0. The Labute approximate surface area is 238 Å². The summed E-state index contributed by atoms with van der Waals surface area (Å²) in [7, 11) is 0. The number of benzene rings is 4. The van der Waals surface area contributed by atoms with Crippen LogP contribution in [0.15, 0.2) is 102 Å². The molecule has 0 saturated heterocycles. The highest BCUT2D eigenvalue weighted by Crippen LogP contribution is 2.37. The van der Waals surface area contributed by atoms with E-state index in [0.29, 0.717) is 34.0 Å². The van der Waals surface area contributed by atoms with E-state index in [0.717, 1.165) is 16.6 Å². The van der Waals surface area contributed by atoms with Gasteiger partial charge in [-0.25, -0.2) is 13.8 Å². The Kier molecular flexibility index (Phi) is 6.27. The highest BCUT2D eigenvalue weighted by Gasteiger charge is 2.33. The van der Waals surface area contributed by atoms with E-state index in [1.165, 1.54) is 18.2 Å². The van der Waals surface area contributed by atoms with Gasteiger partial charge in [-0.15, -0.1) is 0 Å². The molecule has 1 aliphatic heterocycles. The molecule has 0 aliphatic carbocycles. The number of imidazole rings is 1. The normalized spacial score (nSPS) is 14.6. The van der Waals surface area contributed by atoms with Crippen LogP contribution in [0.25, 0.3) is 16.8 Å². The number of carbonyl (C=O) groups excluding carboxylic acids is 1. The van der Waals surface area contributed by atoms with Crippen molar-refractivity contribution in [1.29, 1.82) is 0 Å². The third-order valence-corrected chi connectivity index (χ3v) is 7.62. The number of carbonyl (C=O) groups is 1. The standard InChI is InChI=1S/C33H24F2N4O3/c34-23-13-9-20(10-14-23)18-38-32(41)30-25(21-11-15-24(16-12-21)42-19-22-5-1-2-6-26(22)35)17-29(40)37-31(30)39-28-8-4-3-7-27(28)36-33(38)39/h1-16,25H,17-19H2,(H,37,40)/t25-/m1/s1. The van der Waals surface area contributed by atoms with Crippen molar-refractivity contribution in [2.24, 2.45) is 0 Å². The van der Waals surface area contributed by atoms with Crippen LogP contribution in [0, 0.1) is 11.6 Å². The number of amides is 1. The lowest BCUT2D eigenvalue weighted by atomic mass is 9.86. The van der Waals surface area contributed by atoms with E-state index in [2.05, 4.69) is 5.32 Å². The first-order chi connectivity index (χ1) is 20.5. The molecule has 1 N–H and O–H groups in total. The van der Waals surface area contributed by atoms with Gasteiger partial charge in [0.2, 0.25) is 11.7 Å². The van der Waals surface area contributed by atoms with E-state index < -0.39 is 5.92 Å². The van der Waals surface area contributed by atoms with Crippen molar-refractivity contribution < 1.29 is 18.3 Å². The fraction of sp³-hybridized carbons (Fsp3) is 0.121. The summed E-state index contributed by atoms with van der Waals surface area (Å²) in [6.45, 7) is 0.239. The first kappa shape index (κ1) is 25.6. The zero-order chi connectivity index (χ0) is 28.8. The fourth-order valence-electron chi connectivity index (χ4n) is 5.55. The number of hydrogen-bond donors (Lipinski definition) is 1. The maximum absolute atomic E-state index is 14.2. The van der Waals surface area contributed by atoms with Crippen molar-refractivity contribution in [3.63, 3.8) is 0 Å². The maximum Gasteiger partial charge on any atom is 0.261 e. The van der Waals surface area contributed by atoms with Crippen molar-refractivity contribution in [1.82, 2.24) is 14.0 Å². The van der Waals surface area contributed by atoms with E-state index in [-0.39, 0.29) is 42.7 Å². The molecule has 6 aromatic rings. The van der Waals surface area contributed by atoms with Gasteiger partial charge in [-0.05, 0) is 53.6 Å². The van der Waals surface area contributed by atoms with Crippen LogP contribution in [0.3, 0.4) is 0 Å². The molecular formula is C33H24F2N4O3. The molecule has 208 valence electrons. The van der Waals surface area contributed by atoms with Crippen LogP contribution in [0.4, 0.5) is 14.6 Å². The number of nitrogens with zero attached hydrogens (tertiary/aromatic N) is 3. The van der Waals surface area contributed by atoms with Crippen molar-refractivity contribution >= 4 is 28.5 Å². The molecule has 0 saturated carbocycles. The molecule has 0 radical (unpaired) electrons. The number of halogens is 2. The minimum atomic E-state index is -0.535. The SMILES string of the molecule is O=C1C[C@H](c2ccc(OCc3ccccc3F)cc2)c2c(n3c4ccccc4nc3n(Cc3ccc(F)cc3)c2=O)N1. The van der Waals surface area contributed by atoms with Crippen molar-refractivity contribution in [3.05, 3.63) is 141 Å². The lowest BCUT2D eigenvalue weighted by Crippen LogP contribution is -2.36. The number of nitrogens with one attached hydrogen (secondary N) is 1. The van der Waals surface area contributed by atoms with Gasteiger partial charge in [-0.1, -0.05) is 54.6 Å². The smallest absolute Gasteiger partial charge is 0.261 e. The zero-order valence-corrected chi connectivity index (χ0v) is 22.3. The number of rotatable bonds is 6. The minimum Gasteiger partial charge on any atom is -0.489 e. The summed E-state index contributed by atoms with van der Waals surface area (Å²) in [5, 5.41) is 2.94. The summed E-state index contributed by atoms with van der Waals surface area (Å²) >= 11 is 0. The predicted molar refractivity (Wildman–Crippen MR) is 155 cm³/mol. The summed E-state index contributed by atoms with van der Waals surface area (Å²) < 4.78 is 36.8. The Morgan fingerprint density at radius 1 is 0.881 bits per heavy atom. The number of anilines is 1. The summed E-state index contributed by atoms with van der Waals surface area (Å²) in [5.74, 6) is -0.157. The van der Waals surface area contributed by atoms with E-state index in [1.807, 2.05) is 40.8 Å². The topological polar surface area (TPSA) is 77.6 Å². The van der Waals surface area contributed by atoms with Crippen molar-refractivity contribution in [3.8, 4) is 5.75 Å². The zero-order valence-electron chi connectivity index (χ0n) is 22.3. The van der Waals surface area contributed by atoms with Crippen molar-refractivity contribution in [2.75, 3.05) is 5.32 Å². The molecule has 2 aromatic heterocycles. The second-order valence-corrected chi connectivity index (χ2v) is 10.3. The van der Waals surface area contributed by atoms with Crippen LogP contribution in [0.1, 0.15) is 34.6 Å². The van der Waals surface area contributed by atoms with E-state index in [4.69, 9.17) is 9.72 Å². The van der Waals surface area contributed by atoms with Gasteiger partial charge in [-0.2, -0.15) is 0 Å². The molecular weight excluding hydrogens is 538 g/mol. The molecule has 0 bridgehead atoms. The lowest BCUT2D eigenvalue weighted by molar-refractivity contribution is -0.116.